The van der Waals surface area contributed by atoms with E-state index >= 15 is 0 Å². The Morgan fingerprint density at radius 1 is 1.25 bits per heavy atom. The van der Waals surface area contributed by atoms with Crippen molar-refractivity contribution in [1.82, 2.24) is 10.2 Å². The number of amides is 2. The third-order valence-electron chi connectivity index (χ3n) is 4.47. The zero-order chi connectivity index (χ0) is 15.3. The van der Waals surface area contributed by atoms with E-state index in [4.69, 9.17) is 5.11 Å². The molecule has 1 atom stereocenters. The fraction of sp³-hybridized carbons (Fsp3) is 0.867. The van der Waals surface area contributed by atoms with Crippen molar-refractivity contribution in [2.45, 2.75) is 65.0 Å². The summed E-state index contributed by atoms with van der Waals surface area (Å²) in [6.07, 6.45) is 5.55. The summed E-state index contributed by atoms with van der Waals surface area (Å²) in [5.74, 6) is -0.317. The molecular weight excluding hydrogens is 256 g/mol. The predicted octanol–water partition coefficient (Wildman–Crippen LogP) is 2.71. The van der Waals surface area contributed by atoms with E-state index < -0.39 is 12.0 Å². The normalized spacial score (nSPS) is 24.2. The van der Waals surface area contributed by atoms with Crippen molar-refractivity contribution in [1.29, 1.82) is 0 Å². The van der Waals surface area contributed by atoms with E-state index in [9.17, 15) is 9.59 Å². The SMILES string of the molecule is CCC1CCC(N(C)C(=O)N[C@H](C(=O)O)C(C)C)CC1. The average molecular weight is 284 g/mol. The summed E-state index contributed by atoms with van der Waals surface area (Å²) in [4.78, 5) is 25.0. The molecule has 0 unspecified atom stereocenters. The van der Waals surface area contributed by atoms with Gasteiger partial charge in [0, 0.05) is 13.1 Å². The maximum absolute atomic E-state index is 12.2. The van der Waals surface area contributed by atoms with Crippen LogP contribution < -0.4 is 5.32 Å². The molecule has 1 aliphatic carbocycles. The van der Waals surface area contributed by atoms with Gasteiger partial charge < -0.3 is 15.3 Å². The fourth-order valence-corrected chi connectivity index (χ4v) is 2.85. The number of hydrogen-bond donors (Lipinski definition) is 2. The van der Waals surface area contributed by atoms with E-state index in [-0.39, 0.29) is 18.0 Å². The van der Waals surface area contributed by atoms with Gasteiger partial charge in [0.25, 0.3) is 0 Å². The molecule has 0 aromatic carbocycles. The van der Waals surface area contributed by atoms with Gasteiger partial charge in [-0.15, -0.1) is 0 Å². The molecule has 116 valence electrons. The lowest BCUT2D eigenvalue weighted by molar-refractivity contribution is -0.140. The first-order valence-corrected chi connectivity index (χ1v) is 7.62. The van der Waals surface area contributed by atoms with Crippen LogP contribution in [0.5, 0.6) is 0 Å². The number of nitrogens with zero attached hydrogens (tertiary/aromatic N) is 1. The minimum Gasteiger partial charge on any atom is -0.480 e. The van der Waals surface area contributed by atoms with Crippen LogP contribution in [0.3, 0.4) is 0 Å². The predicted molar refractivity (Wildman–Crippen MR) is 78.6 cm³/mol. The van der Waals surface area contributed by atoms with Gasteiger partial charge in [-0.05, 0) is 37.5 Å². The van der Waals surface area contributed by atoms with E-state index in [0.29, 0.717) is 0 Å². The first kappa shape index (κ1) is 16.8. The van der Waals surface area contributed by atoms with Gasteiger partial charge in [0.15, 0.2) is 0 Å². The first-order chi connectivity index (χ1) is 9.36. The molecule has 0 bridgehead atoms. The quantitative estimate of drug-likeness (QED) is 0.815. The number of hydrogen-bond acceptors (Lipinski definition) is 2. The van der Waals surface area contributed by atoms with E-state index in [1.807, 2.05) is 0 Å². The molecule has 20 heavy (non-hydrogen) atoms. The average Bonchev–Trinajstić information content (AvgIpc) is 2.43. The van der Waals surface area contributed by atoms with Gasteiger partial charge in [-0.25, -0.2) is 9.59 Å². The van der Waals surface area contributed by atoms with Gasteiger partial charge >= 0.3 is 12.0 Å². The first-order valence-electron chi connectivity index (χ1n) is 7.62. The van der Waals surface area contributed by atoms with Crippen LogP contribution in [-0.4, -0.2) is 41.1 Å². The molecule has 5 heteroatoms. The highest BCUT2D eigenvalue weighted by Crippen LogP contribution is 2.28. The second-order valence-corrected chi connectivity index (χ2v) is 6.20. The summed E-state index contributed by atoms with van der Waals surface area (Å²) in [7, 11) is 1.77. The topological polar surface area (TPSA) is 69.6 Å². The lowest BCUT2D eigenvalue weighted by Gasteiger charge is -2.35. The van der Waals surface area contributed by atoms with Gasteiger partial charge in [-0.2, -0.15) is 0 Å². The van der Waals surface area contributed by atoms with Crippen LogP contribution >= 0.6 is 0 Å². The summed E-state index contributed by atoms with van der Waals surface area (Å²) in [6.45, 7) is 5.80. The van der Waals surface area contributed by atoms with E-state index in [0.717, 1.165) is 31.6 Å². The monoisotopic (exact) mass is 284 g/mol. The molecule has 1 aliphatic rings. The lowest BCUT2D eigenvalue weighted by Crippen LogP contribution is -2.52. The Balaban J connectivity index is 2.52. The van der Waals surface area contributed by atoms with Gasteiger partial charge in [0.2, 0.25) is 0 Å². The number of rotatable bonds is 5. The van der Waals surface area contributed by atoms with Crippen molar-refractivity contribution in [3.05, 3.63) is 0 Å². The van der Waals surface area contributed by atoms with Crippen LogP contribution in [0.25, 0.3) is 0 Å². The molecule has 2 amide bonds. The summed E-state index contributed by atoms with van der Waals surface area (Å²) in [5, 5.41) is 11.7. The second-order valence-electron chi connectivity index (χ2n) is 6.20. The number of carbonyl (C=O) groups excluding carboxylic acids is 1. The zero-order valence-electron chi connectivity index (χ0n) is 13.1. The molecule has 1 rings (SSSR count). The minimum absolute atomic E-state index is 0.124. The van der Waals surface area contributed by atoms with Crippen molar-refractivity contribution < 1.29 is 14.7 Å². The van der Waals surface area contributed by atoms with Crippen LogP contribution in [0, 0.1) is 11.8 Å². The second kappa shape index (κ2) is 7.50. The van der Waals surface area contributed by atoms with Crippen LogP contribution in [0.2, 0.25) is 0 Å². The number of carboxylic acids is 1. The van der Waals surface area contributed by atoms with Crippen LogP contribution in [0.4, 0.5) is 4.79 Å². The van der Waals surface area contributed by atoms with Crippen molar-refractivity contribution in [3.8, 4) is 0 Å². The molecule has 2 N–H and O–H groups in total. The summed E-state index contributed by atoms with van der Waals surface area (Å²) >= 11 is 0. The molecule has 1 fully saturated rings. The Hall–Kier alpha value is -1.26. The smallest absolute Gasteiger partial charge is 0.326 e. The Bertz CT molecular complexity index is 336. The molecule has 0 aromatic heterocycles. The standard InChI is InChI=1S/C15H28N2O3/c1-5-11-6-8-12(9-7-11)17(4)15(20)16-13(10(2)3)14(18)19/h10-13H,5-9H2,1-4H3,(H,16,20)(H,18,19)/t11?,12?,13-/m0/s1. The molecule has 0 aliphatic heterocycles. The van der Waals surface area contributed by atoms with Gasteiger partial charge in [-0.3, -0.25) is 0 Å². The van der Waals surface area contributed by atoms with Gasteiger partial charge in [0.1, 0.15) is 6.04 Å². The minimum atomic E-state index is -0.976. The number of nitrogens with one attached hydrogen (secondary N) is 1. The van der Waals surface area contributed by atoms with Crippen LogP contribution in [0.15, 0.2) is 0 Å². The summed E-state index contributed by atoms with van der Waals surface area (Å²) < 4.78 is 0. The number of aliphatic carboxylic acids is 1. The maximum Gasteiger partial charge on any atom is 0.326 e. The molecule has 1 saturated carbocycles. The zero-order valence-corrected chi connectivity index (χ0v) is 13.1. The van der Waals surface area contributed by atoms with Crippen molar-refractivity contribution in [3.63, 3.8) is 0 Å². The molecule has 0 spiro atoms. The Morgan fingerprint density at radius 3 is 2.20 bits per heavy atom. The molecule has 0 heterocycles. The number of urea groups is 1. The highest BCUT2D eigenvalue weighted by atomic mass is 16.4. The molecule has 5 nitrogen and oxygen atoms in total. The van der Waals surface area contributed by atoms with E-state index in [2.05, 4.69) is 12.2 Å². The summed E-state index contributed by atoms with van der Waals surface area (Å²) in [6, 6.07) is -0.859. The number of carboxylic acid groups (broad SMARTS) is 1. The lowest BCUT2D eigenvalue weighted by atomic mass is 9.84. The Kier molecular flexibility index (Phi) is 6.30. The molecule has 0 aromatic rings. The van der Waals surface area contributed by atoms with E-state index in [1.165, 1.54) is 6.42 Å². The van der Waals surface area contributed by atoms with Crippen molar-refractivity contribution in [2.24, 2.45) is 11.8 Å². The Morgan fingerprint density at radius 2 is 1.80 bits per heavy atom. The molecule has 0 saturated heterocycles. The van der Waals surface area contributed by atoms with Crippen molar-refractivity contribution in [2.75, 3.05) is 7.05 Å². The number of carbonyl (C=O) groups is 2. The van der Waals surface area contributed by atoms with Gasteiger partial charge in [0.05, 0.1) is 0 Å². The Labute approximate surface area is 121 Å². The molecule has 0 radical (unpaired) electrons. The van der Waals surface area contributed by atoms with E-state index in [1.54, 1.807) is 25.8 Å². The summed E-state index contributed by atoms with van der Waals surface area (Å²) in [5.41, 5.74) is 0. The maximum atomic E-state index is 12.2. The van der Waals surface area contributed by atoms with Crippen molar-refractivity contribution >= 4 is 12.0 Å². The van der Waals surface area contributed by atoms with Gasteiger partial charge in [-0.1, -0.05) is 27.2 Å². The largest absolute Gasteiger partial charge is 0.480 e. The molecular formula is C15H28N2O3. The highest BCUT2D eigenvalue weighted by Gasteiger charge is 2.29. The fourth-order valence-electron chi connectivity index (χ4n) is 2.85. The van der Waals surface area contributed by atoms with Crippen LogP contribution in [0.1, 0.15) is 52.9 Å². The highest BCUT2D eigenvalue weighted by molar-refractivity contribution is 5.82. The van der Waals surface area contributed by atoms with Crippen LogP contribution in [-0.2, 0) is 4.79 Å². The third kappa shape index (κ3) is 4.39. The third-order valence-corrected chi connectivity index (χ3v) is 4.47.